The molecule has 0 aromatic carbocycles. The molecule has 2 heterocycles. The Labute approximate surface area is 119 Å². The van der Waals surface area contributed by atoms with E-state index in [0.29, 0.717) is 22.4 Å². The fourth-order valence-electron chi connectivity index (χ4n) is 1.63. The minimum Gasteiger partial charge on any atom is -0.383 e. The Bertz CT molecular complexity index is 495. The molecule has 0 aliphatic rings. The average molecular weight is 327 g/mol. The van der Waals surface area contributed by atoms with Gasteiger partial charge in [-0.3, -0.25) is 0 Å². The number of nitrogen functional groups attached to an aromatic ring is 1. The SMILES string of the molecule is CC(Cc1cccs1)N(C)c1nc(N)cc(Br)n1. The number of hydrogen-bond donors (Lipinski definition) is 1. The maximum Gasteiger partial charge on any atom is 0.228 e. The van der Waals surface area contributed by atoms with Gasteiger partial charge in [-0.05, 0) is 34.3 Å². The second-order valence-electron chi connectivity index (χ2n) is 4.16. The van der Waals surface area contributed by atoms with Crippen molar-refractivity contribution >= 4 is 39.0 Å². The summed E-state index contributed by atoms with van der Waals surface area (Å²) in [7, 11) is 1.99. The smallest absolute Gasteiger partial charge is 0.228 e. The van der Waals surface area contributed by atoms with Crippen LogP contribution in [0.3, 0.4) is 0 Å². The molecule has 1 atom stereocenters. The summed E-state index contributed by atoms with van der Waals surface area (Å²) in [6, 6.07) is 6.23. The monoisotopic (exact) mass is 326 g/mol. The van der Waals surface area contributed by atoms with Crippen LogP contribution in [-0.2, 0) is 6.42 Å². The molecule has 4 nitrogen and oxygen atoms in total. The van der Waals surface area contributed by atoms with Crippen LogP contribution in [0.1, 0.15) is 11.8 Å². The second-order valence-corrected chi connectivity index (χ2v) is 6.00. The number of thiophene rings is 1. The molecule has 2 aromatic rings. The summed E-state index contributed by atoms with van der Waals surface area (Å²) in [6.45, 7) is 2.15. The van der Waals surface area contributed by atoms with Crippen LogP contribution >= 0.6 is 27.3 Å². The van der Waals surface area contributed by atoms with E-state index < -0.39 is 0 Å². The lowest BCUT2D eigenvalue weighted by atomic mass is 10.2. The van der Waals surface area contributed by atoms with Crippen LogP contribution in [0.2, 0.25) is 0 Å². The van der Waals surface area contributed by atoms with E-state index in [9.17, 15) is 0 Å². The summed E-state index contributed by atoms with van der Waals surface area (Å²) < 4.78 is 0.708. The highest BCUT2D eigenvalue weighted by molar-refractivity contribution is 9.10. The third-order valence-electron chi connectivity index (χ3n) is 2.76. The molecule has 0 radical (unpaired) electrons. The highest BCUT2D eigenvalue weighted by Crippen LogP contribution is 2.19. The molecule has 2 N–H and O–H groups in total. The number of anilines is 2. The third kappa shape index (κ3) is 3.20. The van der Waals surface area contributed by atoms with Gasteiger partial charge in [0.25, 0.3) is 0 Å². The Kier molecular flexibility index (Phi) is 4.19. The second kappa shape index (κ2) is 5.67. The van der Waals surface area contributed by atoms with Crippen molar-refractivity contribution in [3.05, 3.63) is 33.1 Å². The van der Waals surface area contributed by atoms with Crippen molar-refractivity contribution in [2.75, 3.05) is 17.7 Å². The van der Waals surface area contributed by atoms with Crippen LogP contribution in [0.25, 0.3) is 0 Å². The van der Waals surface area contributed by atoms with E-state index in [1.807, 2.05) is 11.9 Å². The van der Waals surface area contributed by atoms with Crippen molar-refractivity contribution in [3.8, 4) is 0 Å². The van der Waals surface area contributed by atoms with Crippen molar-refractivity contribution in [2.24, 2.45) is 0 Å². The van der Waals surface area contributed by atoms with Crippen LogP contribution in [0.5, 0.6) is 0 Å². The largest absolute Gasteiger partial charge is 0.383 e. The van der Waals surface area contributed by atoms with Gasteiger partial charge < -0.3 is 10.6 Å². The van der Waals surface area contributed by atoms with Gasteiger partial charge in [-0.25, -0.2) is 4.98 Å². The molecule has 0 aliphatic carbocycles. The molecule has 6 heteroatoms. The fraction of sp³-hybridized carbons (Fsp3) is 0.333. The number of rotatable bonds is 4. The maximum atomic E-state index is 5.73. The van der Waals surface area contributed by atoms with Crippen LogP contribution in [0, 0.1) is 0 Å². The van der Waals surface area contributed by atoms with E-state index in [-0.39, 0.29) is 0 Å². The number of halogens is 1. The Hall–Kier alpha value is -1.14. The molecule has 96 valence electrons. The molecule has 0 bridgehead atoms. The van der Waals surface area contributed by atoms with Gasteiger partial charge in [0.1, 0.15) is 10.4 Å². The Morgan fingerprint density at radius 3 is 2.89 bits per heavy atom. The van der Waals surface area contributed by atoms with Gasteiger partial charge >= 0.3 is 0 Å². The lowest BCUT2D eigenvalue weighted by molar-refractivity contribution is 0.670. The molecule has 0 aliphatic heterocycles. The van der Waals surface area contributed by atoms with E-state index in [1.165, 1.54) is 4.88 Å². The van der Waals surface area contributed by atoms with Crippen molar-refractivity contribution in [2.45, 2.75) is 19.4 Å². The van der Waals surface area contributed by atoms with Crippen molar-refractivity contribution in [3.63, 3.8) is 0 Å². The number of nitrogens with two attached hydrogens (primary N) is 1. The zero-order valence-electron chi connectivity index (χ0n) is 10.3. The van der Waals surface area contributed by atoms with Crippen LogP contribution in [0.15, 0.2) is 28.2 Å². The third-order valence-corrected chi connectivity index (χ3v) is 4.06. The lowest BCUT2D eigenvalue weighted by Crippen LogP contribution is -2.32. The molecule has 0 saturated heterocycles. The lowest BCUT2D eigenvalue weighted by Gasteiger charge is -2.24. The minimum absolute atomic E-state index is 0.317. The van der Waals surface area contributed by atoms with Crippen LogP contribution < -0.4 is 10.6 Å². The zero-order chi connectivity index (χ0) is 13.1. The van der Waals surface area contributed by atoms with E-state index >= 15 is 0 Å². The number of hydrogen-bond acceptors (Lipinski definition) is 5. The van der Waals surface area contributed by atoms with Crippen LogP contribution in [-0.4, -0.2) is 23.1 Å². The van der Waals surface area contributed by atoms with Gasteiger partial charge in [0.2, 0.25) is 5.95 Å². The summed E-state index contributed by atoms with van der Waals surface area (Å²) in [4.78, 5) is 12.0. The first-order chi connectivity index (χ1) is 8.56. The summed E-state index contributed by atoms with van der Waals surface area (Å²) in [5.41, 5.74) is 5.73. The molecule has 0 saturated carbocycles. The van der Waals surface area contributed by atoms with Gasteiger partial charge in [-0.2, -0.15) is 4.98 Å². The van der Waals surface area contributed by atoms with Gasteiger partial charge in [0.05, 0.1) is 0 Å². The van der Waals surface area contributed by atoms with E-state index in [0.717, 1.165) is 6.42 Å². The fourth-order valence-corrected chi connectivity index (χ4v) is 2.85. The standard InChI is InChI=1S/C12H15BrN4S/c1-8(6-9-4-3-5-18-9)17(2)12-15-10(13)7-11(14)16-12/h3-5,7-8H,6H2,1-2H3,(H2,14,15,16). The topological polar surface area (TPSA) is 55.0 Å². The number of nitrogens with zero attached hydrogens (tertiary/aromatic N) is 3. The first-order valence-electron chi connectivity index (χ1n) is 5.61. The van der Waals surface area contributed by atoms with E-state index in [1.54, 1.807) is 17.4 Å². The Morgan fingerprint density at radius 1 is 1.50 bits per heavy atom. The molecular weight excluding hydrogens is 312 g/mol. The predicted molar refractivity (Wildman–Crippen MR) is 80.0 cm³/mol. The zero-order valence-corrected chi connectivity index (χ0v) is 12.7. The molecule has 2 aromatic heterocycles. The van der Waals surface area contributed by atoms with Gasteiger partial charge in [-0.1, -0.05) is 6.07 Å². The predicted octanol–water partition coefficient (Wildman–Crippen LogP) is 2.95. The van der Waals surface area contributed by atoms with Crippen molar-refractivity contribution in [1.82, 2.24) is 9.97 Å². The first-order valence-corrected chi connectivity index (χ1v) is 7.29. The van der Waals surface area contributed by atoms with Gasteiger partial charge in [0.15, 0.2) is 0 Å². The minimum atomic E-state index is 0.317. The van der Waals surface area contributed by atoms with Gasteiger partial charge in [0, 0.05) is 30.5 Å². The quantitative estimate of drug-likeness (QED) is 0.877. The summed E-state index contributed by atoms with van der Waals surface area (Å²) >= 11 is 5.10. The number of aromatic nitrogens is 2. The first kappa shape index (κ1) is 13.3. The van der Waals surface area contributed by atoms with Gasteiger partial charge in [-0.15, -0.1) is 11.3 Å². The summed E-state index contributed by atoms with van der Waals surface area (Å²) in [6.07, 6.45) is 0.976. The normalized spacial score (nSPS) is 12.4. The molecule has 0 spiro atoms. The Balaban J connectivity index is 2.12. The average Bonchev–Trinajstić information content (AvgIpc) is 2.79. The molecule has 1 unspecified atom stereocenters. The maximum absolute atomic E-state index is 5.73. The highest BCUT2D eigenvalue weighted by Gasteiger charge is 2.14. The molecule has 0 amide bonds. The van der Waals surface area contributed by atoms with E-state index in [4.69, 9.17) is 5.73 Å². The summed E-state index contributed by atoms with van der Waals surface area (Å²) in [5, 5.41) is 2.09. The van der Waals surface area contributed by atoms with Crippen molar-refractivity contribution in [1.29, 1.82) is 0 Å². The highest BCUT2D eigenvalue weighted by atomic mass is 79.9. The van der Waals surface area contributed by atoms with Crippen molar-refractivity contribution < 1.29 is 0 Å². The number of likely N-dealkylation sites (N-methyl/N-ethyl adjacent to an activating group) is 1. The molecular formula is C12H15BrN4S. The molecule has 18 heavy (non-hydrogen) atoms. The van der Waals surface area contributed by atoms with E-state index in [2.05, 4.69) is 50.3 Å². The Morgan fingerprint density at radius 2 is 2.28 bits per heavy atom. The van der Waals surface area contributed by atoms with Crippen LogP contribution in [0.4, 0.5) is 11.8 Å². The molecule has 2 rings (SSSR count). The summed E-state index contributed by atoms with van der Waals surface area (Å²) in [5.74, 6) is 1.12. The molecule has 0 fully saturated rings.